The van der Waals surface area contributed by atoms with E-state index in [-0.39, 0.29) is 34.8 Å². The zero-order valence-electron chi connectivity index (χ0n) is 16.9. The van der Waals surface area contributed by atoms with Crippen molar-refractivity contribution in [2.75, 3.05) is 5.32 Å². The minimum Gasteiger partial charge on any atom is -0.388 e. The van der Waals surface area contributed by atoms with Crippen LogP contribution < -0.4 is 5.32 Å². The van der Waals surface area contributed by atoms with Crippen LogP contribution >= 0.6 is 23.4 Å². The smallest absolute Gasteiger partial charge is 0.255 e. The Balaban J connectivity index is 1.48. The maximum atomic E-state index is 13.4. The van der Waals surface area contributed by atoms with Gasteiger partial charge in [-0.1, -0.05) is 11.6 Å². The van der Waals surface area contributed by atoms with Crippen LogP contribution in [0.25, 0.3) is 0 Å². The van der Waals surface area contributed by atoms with Gasteiger partial charge in [0.2, 0.25) is 0 Å². The molecule has 1 amide bonds. The predicted octanol–water partition coefficient (Wildman–Crippen LogP) is 5.94. The highest BCUT2D eigenvalue weighted by atomic mass is 35.5. The Morgan fingerprint density at radius 3 is 2.41 bits per heavy atom. The molecule has 0 aromatic heterocycles. The zero-order valence-corrected chi connectivity index (χ0v) is 18.4. The molecular formula is C23H20ClF3N2O2S. The van der Waals surface area contributed by atoms with Crippen molar-refractivity contribution in [3.63, 3.8) is 0 Å². The quantitative estimate of drug-likeness (QED) is 0.520. The summed E-state index contributed by atoms with van der Waals surface area (Å²) in [6, 6.07) is 8.21. The number of fused-ring (bicyclic) bond motifs is 2. The molecule has 32 heavy (non-hydrogen) atoms. The molecule has 2 aromatic rings. The Hall–Kier alpha value is -2.21. The second-order valence-corrected chi connectivity index (χ2v) is 10.1. The summed E-state index contributed by atoms with van der Waals surface area (Å²) in [7, 11) is 0. The molecule has 0 aliphatic heterocycles. The van der Waals surface area contributed by atoms with Gasteiger partial charge < -0.3 is 10.4 Å². The van der Waals surface area contributed by atoms with Gasteiger partial charge in [0.25, 0.3) is 5.91 Å². The van der Waals surface area contributed by atoms with Crippen molar-refractivity contribution in [3.05, 3.63) is 58.4 Å². The molecule has 0 radical (unpaired) electrons. The number of halogens is 4. The Bertz CT molecular complexity index is 1070. The number of carbonyl (C=O) groups excluding carboxylic acids is 1. The molecule has 168 valence electrons. The number of carbonyl (C=O) groups is 1. The number of hydrogen-bond acceptors (Lipinski definition) is 4. The molecule has 2 aliphatic rings. The molecule has 2 aliphatic carbocycles. The normalized spacial score (nSPS) is 26.6. The number of thioether (sulfide) groups is 1. The highest BCUT2D eigenvalue weighted by Crippen LogP contribution is 2.54. The van der Waals surface area contributed by atoms with Gasteiger partial charge in [-0.05, 0) is 55.7 Å². The maximum Gasteiger partial charge on any atom is 0.255 e. The van der Waals surface area contributed by atoms with Crippen molar-refractivity contribution >= 4 is 35.0 Å². The molecule has 0 spiro atoms. The average molecular weight is 481 g/mol. The minimum atomic E-state index is -1.60. The van der Waals surface area contributed by atoms with Crippen LogP contribution in [0.1, 0.15) is 42.5 Å². The lowest BCUT2D eigenvalue weighted by Crippen LogP contribution is -2.45. The highest BCUT2D eigenvalue weighted by molar-refractivity contribution is 8.00. The van der Waals surface area contributed by atoms with E-state index in [9.17, 15) is 23.1 Å². The summed E-state index contributed by atoms with van der Waals surface area (Å²) in [5.74, 6) is -4.87. The first-order valence-electron chi connectivity index (χ1n) is 10.2. The molecule has 0 saturated heterocycles. The molecule has 3 unspecified atom stereocenters. The van der Waals surface area contributed by atoms with Crippen LogP contribution in [-0.2, 0) is 0 Å². The van der Waals surface area contributed by atoms with Crippen LogP contribution in [0, 0.1) is 40.6 Å². The summed E-state index contributed by atoms with van der Waals surface area (Å²) in [6.07, 6.45) is 3.42. The van der Waals surface area contributed by atoms with Crippen LogP contribution in [0.15, 0.2) is 35.2 Å². The summed E-state index contributed by atoms with van der Waals surface area (Å²) in [5, 5.41) is 23.0. The van der Waals surface area contributed by atoms with E-state index in [2.05, 4.69) is 11.4 Å². The molecule has 0 heterocycles. The molecule has 4 rings (SSSR count). The van der Waals surface area contributed by atoms with Crippen LogP contribution in [0.3, 0.4) is 0 Å². The fraction of sp³-hybridized carbons (Fsp3) is 0.391. The van der Waals surface area contributed by atoms with Crippen LogP contribution in [-0.4, -0.2) is 21.9 Å². The third-order valence-corrected chi connectivity index (χ3v) is 8.21. The van der Waals surface area contributed by atoms with E-state index >= 15 is 0 Å². The number of nitrogens with one attached hydrogen (secondary N) is 1. The van der Waals surface area contributed by atoms with Gasteiger partial charge in [-0.15, -0.1) is 11.8 Å². The summed E-state index contributed by atoms with van der Waals surface area (Å²) >= 11 is 7.87. The molecule has 2 bridgehead atoms. The number of anilines is 1. The van der Waals surface area contributed by atoms with Crippen molar-refractivity contribution in [1.29, 1.82) is 5.26 Å². The number of amides is 1. The van der Waals surface area contributed by atoms with Crippen molar-refractivity contribution in [3.8, 4) is 6.07 Å². The SMILES string of the molecule is N#CCC1(O)C2CC[C@H]1CC(Sc1cc(C(=O)Nc3cc(F)c(F)c(F)c3)ccc1Cl)C2. The lowest BCUT2D eigenvalue weighted by atomic mass is 9.73. The Kier molecular flexibility index (Phi) is 6.44. The molecule has 2 saturated carbocycles. The van der Waals surface area contributed by atoms with Gasteiger partial charge in [0.1, 0.15) is 0 Å². The Morgan fingerprint density at radius 2 is 1.81 bits per heavy atom. The zero-order chi connectivity index (χ0) is 23.0. The highest BCUT2D eigenvalue weighted by Gasteiger charge is 2.53. The molecule has 4 nitrogen and oxygen atoms in total. The third kappa shape index (κ3) is 4.34. The first-order valence-corrected chi connectivity index (χ1v) is 11.5. The van der Waals surface area contributed by atoms with Crippen LogP contribution in [0.5, 0.6) is 0 Å². The van der Waals surface area contributed by atoms with E-state index in [0.29, 0.717) is 22.1 Å². The topological polar surface area (TPSA) is 73.1 Å². The molecule has 4 atom stereocenters. The van der Waals surface area contributed by atoms with Gasteiger partial charge in [0, 0.05) is 33.5 Å². The second-order valence-electron chi connectivity index (χ2n) is 8.36. The van der Waals surface area contributed by atoms with Gasteiger partial charge >= 0.3 is 0 Å². The Labute approximate surface area is 192 Å². The molecule has 2 N–H and O–H groups in total. The lowest BCUT2D eigenvalue weighted by Gasteiger charge is -2.41. The van der Waals surface area contributed by atoms with Gasteiger partial charge in [0.05, 0.1) is 23.1 Å². The van der Waals surface area contributed by atoms with Gasteiger partial charge in [-0.25, -0.2) is 13.2 Å². The van der Waals surface area contributed by atoms with Crippen molar-refractivity contribution < 1.29 is 23.1 Å². The van der Waals surface area contributed by atoms with Gasteiger partial charge in [-0.3, -0.25) is 4.79 Å². The number of rotatable bonds is 5. The van der Waals surface area contributed by atoms with Crippen molar-refractivity contribution in [1.82, 2.24) is 0 Å². The first-order chi connectivity index (χ1) is 15.2. The standard InChI is InChI=1S/C23H20ClF3N2O2S/c24-17-4-1-12(22(30)29-15-10-18(25)21(27)19(26)11-15)7-20(17)32-16-8-13-2-3-14(9-16)23(13,31)5-6-28/h1,4,7,10-11,13-14,16,31H,2-3,5,8-9H2,(H,29,30)/t13-,14?,16?,23?/m0/s1. The summed E-state index contributed by atoms with van der Waals surface area (Å²) < 4.78 is 40.0. The molecule has 9 heteroatoms. The fourth-order valence-electron chi connectivity index (χ4n) is 4.87. The largest absolute Gasteiger partial charge is 0.388 e. The molecular weight excluding hydrogens is 461 g/mol. The Morgan fingerprint density at radius 1 is 1.19 bits per heavy atom. The predicted molar refractivity (Wildman–Crippen MR) is 116 cm³/mol. The van der Waals surface area contributed by atoms with Gasteiger partial charge in [0.15, 0.2) is 17.5 Å². The maximum absolute atomic E-state index is 13.4. The van der Waals surface area contributed by atoms with Crippen molar-refractivity contribution in [2.24, 2.45) is 11.8 Å². The van der Waals surface area contributed by atoms with E-state index < -0.39 is 29.0 Å². The molecule has 2 aromatic carbocycles. The van der Waals surface area contributed by atoms with Crippen molar-refractivity contribution in [2.45, 2.75) is 47.9 Å². The lowest BCUT2D eigenvalue weighted by molar-refractivity contribution is -0.0534. The summed E-state index contributed by atoms with van der Waals surface area (Å²) in [5.41, 5.74) is -0.880. The number of hydrogen-bond donors (Lipinski definition) is 2. The molecule has 2 fully saturated rings. The number of benzene rings is 2. The average Bonchev–Trinajstić information content (AvgIpc) is 2.90. The summed E-state index contributed by atoms with van der Waals surface area (Å²) in [4.78, 5) is 13.3. The van der Waals surface area contributed by atoms with E-state index in [0.717, 1.165) is 25.7 Å². The first kappa shape index (κ1) is 23.0. The monoisotopic (exact) mass is 480 g/mol. The number of nitrogens with zero attached hydrogens (tertiary/aromatic N) is 1. The summed E-state index contributed by atoms with van der Waals surface area (Å²) in [6.45, 7) is 0. The van der Waals surface area contributed by atoms with Crippen LogP contribution in [0.2, 0.25) is 5.02 Å². The van der Waals surface area contributed by atoms with Crippen LogP contribution in [0.4, 0.5) is 18.9 Å². The van der Waals surface area contributed by atoms with E-state index in [1.165, 1.54) is 17.8 Å². The van der Waals surface area contributed by atoms with E-state index in [1.807, 2.05) is 0 Å². The van der Waals surface area contributed by atoms with E-state index in [1.54, 1.807) is 12.1 Å². The number of aliphatic hydroxyl groups is 1. The number of nitriles is 1. The van der Waals surface area contributed by atoms with E-state index in [4.69, 9.17) is 16.9 Å². The van der Waals surface area contributed by atoms with Gasteiger partial charge in [-0.2, -0.15) is 5.26 Å². The minimum absolute atomic E-state index is 0.0620. The third-order valence-electron chi connectivity index (χ3n) is 6.46. The second kappa shape index (κ2) is 8.97. The fourth-order valence-corrected chi connectivity index (χ4v) is 6.51.